The minimum absolute atomic E-state index is 0.202. The van der Waals surface area contributed by atoms with Crippen molar-refractivity contribution in [3.8, 4) is 5.75 Å². The predicted molar refractivity (Wildman–Crippen MR) is 77.4 cm³/mol. The zero-order valence-electron chi connectivity index (χ0n) is 11.4. The van der Waals surface area contributed by atoms with E-state index in [1.54, 1.807) is 7.11 Å². The molecule has 1 atom stereocenters. The first kappa shape index (κ1) is 13.2. The summed E-state index contributed by atoms with van der Waals surface area (Å²) in [7, 11) is 1.62. The van der Waals surface area contributed by atoms with Crippen LogP contribution >= 0.6 is 0 Å². The van der Waals surface area contributed by atoms with E-state index in [9.17, 15) is 0 Å². The highest BCUT2D eigenvalue weighted by Gasteiger charge is 2.37. The average molecular weight is 261 g/mol. The zero-order chi connectivity index (χ0) is 14.0. The summed E-state index contributed by atoms with van der Waals surface area (Å²) >= 11 is 0. The number of rotatable bonds is 3. The van der Waals surface area contributed by atoms with Gasteiger partial charge >= 0.3 is 0 Å². The van der Waals surface area contributed by atoms with Crippen molar-refractivity contribution in [1.29, 1.82) is 0 Å². The van der Waals surface area contributed by atoms with Gasteiger partial charge < -0.3 is 16.2 Å². The molecule has 0 spiro atoms. The van der Waals surface area contributed by atoms with E-state index in [2.05, 4.69) is 9.98 Å². The monoisotopic (exact) mass is 261 g/mol. The van der Waals surface area contributed by atoms with Crippen molar-refractivity contribution < 1.29 is 4.74 Å². The molecular formula is C13H19N5O. The van der Waals surface area contributed by atoms with Crippen LogP contribution < -0.4 is 21.1 Å². The molecule has 6 heteroatoms. The highest BCUT2D eigenvalue weighted by molar-refractivity contribution is 6.06. The SMILES string of the molecule is CCC1(C)N=C(N)N=C(N)N1c1ccccc1OC. The first-order valence-corrected chi connectivity index (χ1v) is 6.14. The fourth-order valence-corrected chi connectivity index (χ4v) is 2.17. The molecule has 102 valence electrons. The molecule has 0 saturated carbocycles. The molecule has 0 bridgehead atoms. The summed E-state index contributed by atoms with van der Waals surface area (Å²) in [5.41, 5.74) is 12.0. The van der Waals surface area contributed by atoms with Gasteiger partial charge in [0, 0.05) is 0 Å². The first-order chi connectivity index (χ1) is 9.01. The number of guanidine groups is 2. The molecule has 0 radical (unpaired) electrons. The quantitative estimate of drug-likeness (QED) is 0.857. The highest BCUT2D eigenvalue weighted by atomic mass is 16.5. The fourth-order valence-electron chi connectivity index (χ4n) is 2.17. The molecule has 0 aliphatic carbocycles. The van der Waals surface area contributed by atoms with Gasteiger partial charge in [0.25, 0.3) is 0 Å². The molecule has 1 aliphatic rings. The van der Waals surface area contributed by atoms with Gasteiger partial charge in [-0.2, -0.15) is 4.99 Å². The summed E-state index contributed by atoms with van der Waals surface area (Å²) in [5, 5.41) is 0. The summed E-state index contributed by atoms with van der Waals surface area (Å²) in [4.78, 5) is 10.3. The van der Waals surface area contributed by atoms with E-state index >= 15 is 0 Å². The van der Waals surface area contributed by atoms with Gasteiger partial charge in [-0.25, -0.2) is 4.99 Å². The van der Waals surface area contributed by atoms with Gasteiger partial charge in [0.1, 0.15) is 11.4 Å². The zero-order valence-corrected chi connectivity index (χ0v) is 11.4. The number of nitrogens with zero attached hydrogens (tertiary/aromatic N) is 3. The van der Waals surface area contributed by atoms with Gasteiger partial charge in [0.15, 0.2) is 0 Å². The van der Waals surface area contributed by atoms with Gasteiger partial charge in [-0.3, -0.25) is 4.90 Å². The third kappa shape index (κ3) is 2.21. The summed E-state index contributed by atoms with van der Waals surface area (Å²) in [6.07, 6.45) is 0.738. The maximum absolute atomic E-state index is 6.04. The van der Waals surface area contributed by atoms with E-state index in [0.29, 0.717) is 5.96 Å². The van der Waals surface area contributed by atoms with E-state index in [4.69, 9.17) is 16.2 Å². The molecule has 2 rings (SSSR count). The molecule has 0 saturated heterocycles. The van der Waals surface area contributed by atoms with Crippen molar-refractivity contribution in [3.05, 3.63) is 24.3 Å². The van der Waals surface area contributed by atoms with E-state index < -0.39 is 5.66 Å². The summed E-state index contributed by atoms with van der Waals surface area (Å²) in [5.74, 6) is 1.24. The molecule has 0 fully saturated rings. The van der Waals surface area contributed by atoms with Crippen molar-refractivity contribution in [2.24, 2.45) is 21.5 Å². The largest absolute Gasteiger partial charge is 0.495 e. The Morgan fingerprint density at radius 1 is 1.32 bits per heavy atom. The lowest BCUT2D eigenvalue weighted by molar-refractivity contribution is 0.406. The number of aliphatic imine (C=N–C) groups is 2. The first-order valence-electron chi connectivity index (χ1n) is 6.14. The van der Waals surface area contributed by atoms with Crippen LogP contribution in [0.4, 0.5) is 5.69 Å². The Morgan fingerprint density at radius 3 is 2.63 bits per heavy atom. The Kier molecular flexibility index (Phi) is 3.33. The van der Waals surface area contributed by atoms with Crippen LogP contribution in [0.5, 0.6) is 5.75 Å². The number of para-hydroxylation sites is 2. The normalized spacial score (nSPS) is 22.8. The van der Waals surface area contributed by atoms with E-state index in [-0.39, 0.29) is 5.96 Å². The van der Waals surface area contributed by atoms with Crippen molar-refractivity contribution in [2.45, 2.75) is 25.9 Å². The summed E-state index contributed by atoms with van der Waals surface area (Å²) in [6, 6.07) is 7.62. The van der Waals surface area contributed by atoms with Crippen LogP contribution in [0, 0.1) is 0 Å². The summed E-state index contributed by atoms with van der Waals surface area (Å²) < 4.78 is 5.38. The topological polar surface area (TPSA) is 89.2 Å². The Balaban J connectivity index is 2.56. The van der Waals surface area contributed by atoms with Gasteiger partial charge in [0.2, 0.25) is 11.9 Å². The lowest BCUT2D eigenvalue weighted by atomic mass is 10.1. The van der Waals surface area contributed by atoms with E-state index in [1.807, 2.05) is 43.0 Å². The van der Waals surface area contributed by atoms with E-state index in [0.717, 1.165) is 17.9 Å². The second-order valence-electron chi connectivity index (χ2n) is 4.52. The van der Waals surface area contributed by atoms with Gasteiger partial charge in [-0.1, -0.05) is 19.1 Å². The molecule has 1 unspecified atom stereocenters. The van der Waals surface area contributed by atoms with Crippen molar-refractivity contribution in [3.63, 3.8) is 0 Å². The molecule has 0 amide bonds. The van der Waals surface area contributed by atoms with E-state index in [1.165, 1.54) is 0 Å². The number of hydrogen-bond donors (Lipinski definition) is 2. The van der Waals surface area contributed by atoms with Gasteiger partial charge in [-0.05, 0) is 25.5 Å². The Bertz CT molecular complexity index is 540. The van der Waals surface area contributed by atoms with Crippen LogP contribution in [-0.2, 0) is 0 Å². The smallest absolute Gasteiger partial charge is 0.220 e. The lowest BCUT2D eigenvalue weighted by Crippen LogP contribution is -2.55. The number of benzene rings is 1. The number of ether oxygens (including phenoxy) is 1. The van der Waals surface area contributed by atoms with Crippen LogP contribution in [0.1, 0.15) is 20.3 Å². The molecule has 1 aliphatic heterocycles. The van der Waals surface area contributed by atoms with Crippen LogP contribution in [0.3, 0.4) is 0 Å². The Hall–Kier alpha value is -2.24. The fraction of sp³-hybridized carbons (Fsp3) is 0.385. The van der Waals surface area contributed by atoms with Gasteiger partial charge in [0.05, 0.1) is 12.8 Å². The minimum atomic E-state index is -0.565. The third-order valence-corrected chi connectivity index (χ3v) is 3.29. The minimum Gasteiger partial charge on any atom is -0.495 e. The maximum Gasteiger partial charge on any atom is 0.220 e. The second kappa shape index (κ2) is 4.79. The third-order valence-electron chi connectivity index (χ3n) is 3.29. The maximum atomic E-state index is 6.04. The molecule has 4 N–H and O–H groups in total. The number of hydrogen-bond acceptors (Lipinski definition) is 6. The molecule has 6 nitrogen and oxygen atoms in total. The predicted octanol–water partition coefficient (Wildman–Crippen LogP) is 1.27. The summed E-state index contributed by atoms with van der Waals surface area (Å²) in [6.45, 7) is 3.99. The molecule has 1 aromatic carbocycles. The number of anilines is 1. The Morgan fingerprint density at radius 2 is 2.00 bits per heavy atom. The molecule has 19 heavy (non-hydrogen) atoms. The average Bonchev–Trinajstić information content (AvgIpc) is 2.38. The molecular weight excluding hydrogens is 242 g/mol. The Labute approximate surface area is 112 Å². The van der Waals surface area contributed by atoms with Crippen LogP contribution in [-0.4, -0.2) is 24.7 Å². The van der Waals surface area contributed by atoms with Crippen molar-refractivity contribution in [1.82, 2.24) is 0 Å². The highest BCUT2D eigenvalue weighted by Crippen LogP contribution is 2.36. The molecule has 1 heterocycles. The number of methoxy groups -OCH3 is 1. The molecule has 0 aromatic heterocycles. The second-order valence-corrected chi connectivity index (χ2v) is 4.52. The number of nitrogens with two attached hydrogens (primary N) is 2. The van der Waals surface area contributed by atoms with Crippen LogP contribution in [0.15, 0.2) is 34.3 Å². The lowest BCUT2D eigenvalue weighted by Gasteiger charge is -2.40. The molecule has 1 aromatic rings. The van der Waals surface area contributed by atoms with Crippen molar-refractivity contribution in [2.75, 3.05) is 12.0 Å². The standard InChI is InChI=1S/C13H19N5O/c1-4-13(2)17-11(14)16-12(15)18(13)9-7-5-6-8-10(9)19-3/h5-8H,4H2,1-3H3,(H4,14,15,16,17). The van der Waals surface area contributed by atoms with Crippen LogP contribution in [0.25, 0.3) is 0 Å². The van der Waals surface area contributed by atoms with Crippen molar-refractivity contribution >= 4 is 17.6 Å². The van der Waals surface area contributed by atoms with Gasteiger partial charge in [-0.15, -0.1) is 0 Å². The van der Waals surface area contributed by atoms with Crippen LogP contribution in [0.2, 0.25) is 0 Å².